The molecule has 1 saturated heterocycles. The molecule has 86 valence electrons. The topological polar surface area (TPSA) is 79.5 Å². The van der Waals surface area contributed by atoms with E-state index in [9.17, 15) is 9.90 Å². The first-order valence-corrected chi connectivity index (χ1v) is 5.31. The second-order valence-corrected chi connectivity index (χ2v) is 3.95. The van der Waals surface area contributed by atoms with Gasteiger partial charge in [0.05, 0.1) is 6.61 Å². The van der Waals surface area contributed by atoms with E-state index in [-0.39, 0.29) is 18.4 Å². The fraction of sp³-hybridized carbons (Fsp3) is 0.455. The average molecular weight is 221 g/mol. The molecule has 0 radical (unpaired) electrons. The minimum Gasteiger partial charge on any atom is -0.392 e. The maximum atomic E-state index is 11.8. The molecule has 0 aliphatic carbocycles. The SMILES string of the molecule is NCC1CC(=O)N(c2ncccc2CO)C1. The number of nitrogens with zero attached hydrogens (tertiary/aromatic N) is 2. The zero-order chi connectivity index (χ0) is 11.5. The number of carbonyl (C=O) groups is 1. The van der Waals surface area contributed by atoms with Crippen LogP contribution in [0.15, 0.2) is 18.3 Å². The Kier molecular flexibility index (Phi) is 3.17. The molecular formula is C11H15N3O2. The summed E-state index contributed by atoms with van der Waals surface area (Å²) in [5, 5.41) is 9.19. The number of aromatic nitrogens is 1. The minimum absolute atomic E-state index is 0.0313. The summed E-state index contributed by atoms with van der Waals surface area (Å²) in [6, 6.07) is 3.52. The van der Waals surface area contributed by atoms with Crippen molar-refractivity contribution in [3.63, 3.8) is 0 Å². The lowest BCUT2D eigenvalue weighted by Gasteiger charge is -2.17. The molecule has 0 bridgehead atoms. The summed E-state index contributed by atoms with van der Waals surface area (Å²) >= 11 is 0. The van der Waals surface area contributed by atoms with E-state index in [0.717, 1.165) is 0 Å². The molecule has 1 aromatic rings. The molecule has 1 atom stereocenters. The van der Waals surface area contributed by atoms with E-state index in [1.165, 1.54) is 0 Å². The number of pyridine rings is 1. The highest BCUT2D eigenvalue weighted by molar-refractivity contribution is 5.95. The summed E-state index contributed by atoms with van der Waals surface area (Å²) in [7, 11) is 0. The van der Waals surface area contributed by atoms with Crippen molar-refractivity contribution >= 4 is 11.7 Å². The van der Waals surface area contributed by atoms with Crippen LogP contribution in [0.25, 0.3) is 0 Å². The number of amides is 1. The lowest BCUT2D eigenvalue weighted by Crippen LogP contribution is -2.27. The number of nitrogens with two attached hydrogens (primary N) is 1. The van der Waals surface area contributed by atoms with E-state index >= 15 is 0 Å². The Bertz CT molecular complexity index is 395. The Hall–Kier alpha value is -1.46. The van der Waals surface area contributed by atoms with Crippen LogP contribution in [0.1, 0.15) is 12.0 Å². The smallest absolute Gasteiger partial charge is 0.228 e. The Labute approximate surface area is 93.9 Å². The van der Waals surface area contributed by atoms with Crippen molar-refractivity contribution in [2.75, 3.05) is 18.0 Å². The van der Waals surface area contributed by atoms with Crippen molar-refractivity contribution in [3.05, 3.63) is 23.9 Å². The van der Waals surface area contributed by atoms with Crippen molar-refractivity contribution in [1.29, 1.82) is 0 Å². The minimum atomic E-state index is -0.111. The van der Waals surface area contributed by atoms with E-state index in [4.69, 9.17) is 5.73 Å². The van der Waals surface area contributed by atoms with Crippen LogP contribution in [0.4, 0.5) is 5.82 Å². The van der Waals surface area contributed by atoms with Crippen LogP contribution < -0.4 is 10.6 Å². The molecule has 2 heterocycles. The summed E-state index contributed by atoms with van der Waals surface area (Å²) in [6.07, 6.45) is 2.09. The average Bonchev–Trinajstić information content (AvgIpc) is 2.70. The molecule has 1 unspecified atom stereocenters. The zero-order valence-corrected chi connectivity index (χ0v) is 8.97. The van der Waals surface area contributed by atoms with Crippen molar-refractivity contribution < 1.29 is 9.90 Å². The highest BCUT2D eigenvalue weighted by Crippen LogP contribution is 2.25. The molecule has 5 heteroatoms. The molecule has 3 N–H and O–H groups in total. The molecule has 0 aromatic carbocycles. The quantitative estimate of drug-likeness (QED) is 0.746. The van der Waals surface area contributed by atoms with Gasteiger partial charge in [-0.25, -0.2) is 4.98 Å². The monoisotopic (exact) mass is 221 g/mol. The van der Waals surface area contributed by atoms with E-state index in [1.54, 1.807) is 23.2 Å². The van der Waals surface area contributed by atoms with Gasteiger partial charge in [-0.15, -0.1) is 0 Å². The third kappa shape index (κ3) is 1.91. The Morgan fingerprint density at radius 3 is 3.06 bits per heavy atom. The number of rotatable bonds is 3. The number of carbonyl (C=O) groups excluding carboxylic acids is 1. The molecule has 2 rings (SSSR count). The molecule has 1 fully saturated rings. The Balaban J connectivity index is 2.27. The van der Waals surface area contributed by atoms with Gasteiger partial charge in [0, 0.05) is 24.7 Å². The first-order valence-electron chi connectivity index (χ1n) is 5.31. The van der Waals surface area contributed by atoms with Gasteiger partial charge in [0.25, 0.3) is 0 Å². The van der Waals surface area contributed by atoms with Gasteiger partial charge in [-0.05, 0) is 18.5 Å². The van der Waals surface area contributed by atoms with Crippen molar-refractivity contribution in [2.45, 2.75) is 13.0 Å². The van der Waals surface area contributed by atoms with Crippen molar-refractivity contribution in [3.8, 4) is 0 Å². The molecular weight excluding hydrogens is 206 g/mol. The first kappa shape index (κ1) is 11.0. The number of hydrogen-bond acceptors (Lipinski definition) is 4. The summed E-state index contributed by atoms with van der Waals surface area (Å²) in [5.41, 5.74) is 6.23. The maximum Gasteiger partial charge on any atom is 0.228 e. The van der Waals surface area contributed by atoms with E-state index < -0.39 is 0 Å². The van der Waals surface area contributed by atoms with Crippen molar-refractivity contribution in [2.24, 2.45) is 11.7 Å². The molecule has 1 amide bonds. The molecule has 0 saturated carbocycles. The summed E-state index contributed by atoms with van der Waals surface area (Å²) in [5.74, 6) is 0.788. The van der Waals surface area contributed by atoms with Crippen LogP contribution in [-0.4, -0.2) is 29.1 Å². The standard InChI is InChI=1S/C11H15N3O2/c12-5-8-4-10(16)14(6-8)11-9(7-15)2-1-3-13-11/h1-3,8,15H,4-7,12H2. The van der Waals surface area contributed by atoms with E-state index in [2.05, 4.69) is 4.98 Å². The van der Waals surface area contributed by atoms with Crippen LogP contribution in [0.3, 0.4) is 0 Å². The Morgan fingerprint density at radius 1 is 1.62 bits per heavy atom. The summed E-state index contributed by atoms with van der Waals surface area (Å²) in [4.78, 5) is 17.5. The summed E-state index contributed by atoms with van der Waals surface area (Å²) < 4.78 is 0. The first-order chi connectivity index (χ1) is 7.76. The zero-order valence-electron chi connectivity index (χ0n) is 8.97. The summed E-state index contributed by atoms with van der Waals surface area (Å²) in [6.45, 7) is 0.989. The fourth-order valence-corrected chi connectivity index (χ4v) is 1.94. The van der Waals surface area contributed by atoms with Gasteiger partial charge in [0.15, 0.2) is 0 Å². The second kappa shape index (κ2) is 4.59. The van der Waals surface area contributed by atoms with Crippen molar-refractivity contribution in [1.82, 2.24) is 4.98 Å². The maximum absolute atomic E-state index is 11.8. The lowest BCUT2D eigenvalue weighted by molar-refractivity contribution is -0.117. The lowest BCUT2D eigenvalue weighted by atomic mass is 10.1. The van der Waals surface area contributed by atoms with Gasteiger partial charge in [0.1, 0.15) is 5.82 Å². The number of aliphatic hydroxyl groups is 1. The van der Waals surface area contributed by atoms with E-state index in [0.29, 0.717) is 30.9 Å². The third-order valence-corrected chi connectivity index (χ3v) is 2.83. The number of anilines is 1. The molecule has 16 heavy (non-hydrogen) atoms. The van der Waals surface area contributed by atoms with Crippen LogP contribution in [0.5, 0.6) is 0 Å². The fourth-order valence-electron chi connectivity index (χ4n) is 1.94. The number of aliphatic hydroxyl groups excluding tert-OH is 1. The van der Waals surface area contributed by atoms with Gasteiger partial charge in [-0.1, -0.05) is 6.07 Å². The molecule has 1 aliphatic rings. The predicted octanol–water partition coefficient (Wildman–Crippen LogP) is -0.115. The molecule has 0 spiro atoms. The van der Waals surface area contributed by atoms with Crippen LogP contribution in [0.2, 0.25) is 0 Å². The van der Waals surface area contributed by atoms with Crippen LogP contribution in [-0.2, 0) is 11.4 Å². The van der Waals surface area contributed by atoms with Crippen LogP contribution in [0, 0.1) is 5.92 Å². The Morgan fingerprint density at radius 2 is 2.44 bits per heavy atom. The van der Waals surface area contributed by atoms with Gasteiger partial charge < -0.3 is 10.8 Å². The van der Waals surface area contributed by atoms with Gasteiger partial charge in [-0.2, -0.15) is 0 Å². The number of hydrogen-bond donors (Lipinski definition) is 2. The predicted molar refractivity (Wildman–Crippen MR) is 59.7 cm³/mol. The second-order valence-electron chi connectivity index (χ2n) is 3.95. The van der Waals surface area contributed by atoms with Crippen LogP contribution >= 0.6 is 0 Å². The largest absolute Gasteiger partial charge is 0.392 e. The molecule has 1 aromatic heterocycles. The third-order valence-electron chi connectivity index (χ3n) is 2.83. The van der Waals surface area contributed by atoms with Gasteiger partial charge >= 0.3 is 0 Å². The van der Waals surface area contributed by atoms with Gasteiger partial charge in [-0.3, -0.25) is 9.69 Å². The highest BCUT2D eigenvalue weighted by atomic mass is 16.3. The van der Waals surface area contributed by atoms with E-state index in [1.807, 2.05) is 0 Å². The van der Waals surface area contributed by atoms with Gasteiger partial charge in [0.2, 0.25) is 5.91 Å². The molecule has 1 aliphatic heterocycles. The highest BCUT2D eigenvalue weighted by Gasteiger charge is 2.31. The molecule has 5 nitrogen and oxygen atoms in total. The normalized spacial score (nSPS) is 20.5.